The summed E-state index contributed by atoms with van der Waals surface area (Å²) < 4.78 is 38.8. The van der Waals surface area contributed by atoms with Crippen molar-refractivity contribution in [2.75, 3.05) is 24.6 Å². The van der Waals surface area contributed by atoms with Gasteiger partial charge in [-0.2, -0.15) is 8.42 Å². The second kappa shape index (κ2) is 6.73. The minimum Gasteiger partial charge on any atom is -0.493 e. The Hall–Kier alpha value is -2.58. The van der Waals surface area contributed by atoms with Crippen LogP contribution in [0.4, 0.5) is 10.5 Å². The van der Waals surface area contributed by atoms with Crippen molar-refractivity contribution in [2.24, 2.45) is 0 Å². The lowest BCUT2D eigenvalue weighted by molar-refractivity contribution is 0.252. The fraction of sp³-hybridized carbons (Fsp3) is 0.235. The first-order valence-electron chi connectivity index (χ1n) is 7.81. The highest BCUT2D eigenvalue weighted by Gasteiger charge is 2.25. The summed E-state index contributed by atoms with van der Waals surface area (Å²) in [6.07, 6.45) is 0. The van der Waals surface area contributed by atoms with Crippen molar-refractivity contribution < 1.29 is 22.5 Å². The third kappa shape index (κ3) is 3.45. The number of urea groups is 1. The quantitative estimate of drug-likeness (QED) is 0.797. The molecule has 1 heterocycles. The van der Waals surface area contributed by atoms with E-state index in [0.29, 0.717) is 36.7 Å². The van der Waals surface area contributed by atoms with E-state index in [1.807, 2.05) is 6.92 Å². The first kappa shape index (κ1) is 17.2. The molecular weight excluding hydrogens is 344 g/mol. The van der Waals surface area contributed by atoms with E-state index in [4.69, 9.17) is 4.74 Å². The van der Waals surface area contributed by atoms with E-state index in [1.54, 1.807) is 30.3 Å². The molecule has 1 saturated heterocycles. The maximum absolute atomic E-state index is 11.9. The standard InChI is InChI=1S/C17H18N2O5S/c1-2-24-15-6-4-3-5-13(15)14-11-12(19-10-9-18-17(19)20)7-8-16(14)25(21,22)23/h3-8,11H,2,9-10H2,1H3,(H,18,20)(H,21,22,23). The lowest BCUT2D eigenvalue weighted by Crippen LogP contribution is -2.27. The maximum atomic E-state index is 11.9. The Balaban J connectivity index is 2.20. The molecule has 3 rings (SSSR count). The zero-order valence-corrected chi connectivity index (χ0v) is 14.4. The van der Waals surface area contributed by atoms with Crippen LogP contribution in [0.3, 0.4) is 0 Å². The van der Waals surface area contributed by atoms with Gasteiger partial charge in [0.1, 0.15) is 10.6 Å². The fourth-order valence-corrected chi connectivity index (χ4v) is 3.50. The molecular formula is C17H18N2O5S. The van der Waals surface area contributed by atoms with E-state index in [2.05, 4.69) is 5.32 Å². The molecule has 0 atom stereocenters. The summed E-state index contributed by atoms with van der Waals surface area (Å²) in [5.74, 6) is 0.498. The number of anilines is 1. The van der Waals surface area contributed by atoms with Gasteiger partial charge in [-0.3, -0.25) is 9.45 Å². The monoisotopic (exact) mass is 362 g/mol. The Morgan fingerprint density at radius 3 is 2.60 bits per heavy atom. The summed E-state index contributed by atoms with van der Waals surface area (Å²) in [5, 5.41) is 2.70. The molecule has 132 valence electrons. The molecule has 8 heteroatoms. The van der Waals surface area contributed by atoms with E-state index >= 15 is 0 Å². The molecule has 7 nitrogen and oxygen atoms in total. The van der Waals surface area contributed by atoms with E-state index in [0.717, 1.165) is 0 Å². The number of carbonyl (C=O) groups is 1. The van der Waals surface area contributed by atoms with Gasteiger partial charge in [0.2, 0.25) is 0 Å². The van der Waals surface area contributed by atoms with Crippen LogP contribution >= 0.6 is 0 Å². The van der Waals surface area contributed by atoms with Gasteiger partial charge in [0.25, 0.3) is 10.1 Å². The molecule has 0 saturated carbocycles. The largest absolute Gasteiger partial charge is 0.493 e. The van der Waals surface area contributed by atoms with Crippen molar-refractivity contribution in [1.82, 2.24) is 5.32 Å². The molecule has 1 aliphatic heterocycles. The molecule has 0 bridgehead atoms. The van der Waals surface area contributed by atoms with Crippen LogP contribution in [0.25, 0.3) is 11.1 Å². The highest BCUT2D eigenvalue weighted by atomic mass is 32.2. The molecule has 0 radical (unpaired) electrons. The van der Waals surface area contributed by atoms with E-state index in [-0.39, 0.29) is 16.5 Å². The molecule has 0 unspecified atom stereocenters. The Labute approximate surface area is 146 Å². The first-order chi connectivity index (χ1) is 11.9. The van der Waals surface area contributed by atoms with Gasteiger partial charge in [-0.05, 0) is 31.2 Å². The number of carbonyl (C=O) groups excluding carboxylic acids is 1. The lowest BCUT2D eigenvalue weighted by atomic mass is 10.0. The molecule has 1 aliphatic rings. The maximum Gasteiger partial charge on any atom is 0.321 e. The zero-order valence-electron chi connectivity index (χ0n) is 13.6. The molecule has 0 spiro atoms. The number of hydrogen-bond acceptors (Lipinski definition) is 4. The van der Waals surface area contributed by atoms with Crippen LogP contribution in [0.1, 0.15) is 6.92 Å². The van der Waals surface area contributed by atoms with Crippen molar-refractivity contribution in [3.05, 3.63) is 42.5 Å². The lowest BCUT2D eigenvalue weighted by Gasteiger charge is -2.18. The minimum atomic E-state index is -4.44. The van der Waals surface area contributed by atoms with Crippen molar-refractivity contribution in [3.63, 3.8) is 0 Å². The number of rotatable bonds is 5. The molecule has 0 aliphatic carbocycles. The average Bonchev–Trinajstić information content (AvgIpc) is 3.00. The number of hydrogen-bond donors (Lipinski definition) is 2. The van der Waals surface area contributed by atoms with Gasteiger partial charge in [0.05, 0.1) is 6.61 Å². The summed E-state index contributed by atoms with van der Waals surface area (Å²) in [6.45, 7) is 3.23. The Bertz CT molecular complexity index is 911. The summed E-state index contributed by atoms with van der Waals surface area (Å²) in [7, 11) is -4.44. The number of nitrogens with one attached hydrogen (secondary N) is 1. The Morgan fingerprint density at radius 1 is 1.20 bits per heavy atom. The van der Waals surface area contributed by atoms with Crippen LogP contribution in [-0.2, 0) is 10.1 Å². The second-order valence-corrected chi connectivity index (χ2v) is 6.86. The number of ether oxygens (including phenoxy) is 1. The van der Waals surface area contributed by atoms with Crippen molar-refractivity contribution in [3.8, 4) is 16.9 Å². The third-order valence-electron chi connectivity index (χ3n) is 3.89. The Kier molecular flexibility index (Phi) is 4.65. The normalized spacial score (nSPS) is 14.5. The van der Waals surface area contributed by atoms with Crippen LogP contribution in [-0.4, -0.2) is 38.7 Å². The first-order valence-corrected chi connectivity index (χ1v) is 9.25. The number of nitrogens with zero attached hydrogens (tertiary/aromatic N) is 1. The summed E-state index contributed by atoms with van der Waals surface area (Å²) in [5.41, 5.74) is 1.35. The molecule has 0 aromatic heterocycles. The van der Waals surface area contributed by atoms with Crippen LogP contribution in [0, 0.1) is 0 Å². The minimum absolute atomic E-state index is 0.233. The number of benzene rings is 2. The highest BCUT2D eigenvalue weighted by Crippen LogP contribution is 2.37. The second-order valence-electron chi connectivity index (χ2n) is 5.47. The summed E-state index contributed by atoms with van der Waals surface area (Å²) >= 11 is 0. The highest BCUT2D eigenvalue weighted by molar-refractivity contribution is 7.86. The summed E-state index contributed by atoms with van der Waals surface area (Å²) in [6, 6.07) is 11.1. The smallest absolute Gasteiger partial charge is 0.321 e. The summed E-state index contributed by atoms with van der Waals surface area (Å²) in [4.78, 5) is 13.2. The van der Waals surface area contributed by atoms with Gasteiger partial charge in [0, 0.05) is 29.9 Å². The number of para-hydroxylation sites is 1. The van der Waals surface area contributed by atoms with Crippen molar-refractivity contribution in [2.45, 2.75) is 11.8 Å². The van der Waals surface area contributed by atoms with Gasteiger partial charge in [0.15, 0.2) is 0 Å². The third-order valence-corrected chi connectivity index (χ3v) is 4.80. The topological polar surface area (TPSA) is 95.9 Å². The predicted octanol–water partition coefficient (Wildman–Crippen LogP) is 2.53. The van der Waals surface area contributed by atoms with Crippen molar-refractivity contribution in [1.29, 1.82) is 0 Å². The van der Waals surface area contributed by atoms with Crippen LogP contribution < -0.4 is 15.0 Å². The van der Waals surface area contributed by atoms with Gasteiger partial charge in [-0.25, -0.2) is 4.79 Å². The van der Waals surface area contributed by atoms with Gasteiger partial charge in [-0.15, -0.1) is 0 Å². The number of amides is 2. The molecule has 2 amide bonds. The molecule has 25 heavy (non-hydrogen) atoms. The SMILES string of the molecule is CCOc1ccccc1-c1cc(N2CCNC2=O)ccc1S(=O)(=O)O. The van der Waals surface area contributed by atoms with Crippen LogP contribution in [0.15, 0.2) is 47.4 Å². The van der Waals surface area contributed by atoms with Gasteiger partial charge < -0.3 is 10.1 Å². The average molecular weight is 362 g/mol. The van der Waals surface area contributed by atoms with E-state index in [9.17, 15) is 17.8 Å². The van der Waals surface area contributed by atoms with Crippen LogP contribution in [0.2, 0.25) is 0 Å². The van der Waals surface area contributed by atoms with E-state index in [1.165, 1.54) is 17.0 Å². The van der Waals surface area contributed by atoms with Crippen molar-refractivity contribution >= 4 is 21.8 Å². The predicted molar refractivity (Wildman–Crippen MR) is 93.6 cm³/mol. The zero-order chi connectivity index (χ0) is 18.0. The Morgan fingerprint density at radius 2 is 1.96 bits per heavy atom. The van der Waals surface area contributed by atoms with E-state index < -0.39 is 10.1 Å². The van der Waals surface area contributed by atoms with Gasteiger partial charge in [-0.1, -0.05) is 18.2 Å². The van der Waals surface area contributed by atoms with Gasteiger partial charge >= 0.3 is 6.03 Å². The molecule has 2 aromatic carbocycles. The van der Waals surface area contributed by atoms with Crippen LogP contribution in [0.5, 0.6) is 5.75 Å². The molecule has 2 aromatic rings. The molecule has 2 N–H and O–H groups in total. The molecule has 1 fully saturated rings. The fourth-order valence-electron chi connectivity index (χ4n) is 2.81.